The molecule has 2 N–H and O–H groups in total. The molecule has 1 aliphatic heterocycles. The van der Waals surface area contributed by atoms with Crippen molar-refractivity contribution in [3.63, 3.8) is 0 Å². The molecule has 0 amide bonds. The van der Waals surface area contributed by atoms with Crippen LogP contribution in [0.25, 0.3) is 0 Å². The van der Waals surface area contributed by atoms with E-state index in [1.807, 2.05) is 19.1 Å². The van der Waals surface area contributed by atoms with Gasteiger partial charge in [-0.2, -0.15) is 0 Å². The van der Waals surface area contributed by atoms with E-state index in [0.717, 1.165) is 5.56 Å². The summed E-state index contributed by atoms with van der Waals surface area (Å²) < 4.78 is 12.3. The van der Waals surface area contributed by atoms with Crippen LogP contribution in [0.1, 0.15) is 28.3 Å². The SMILES string of the molecule is COC(=O)C1=C(N)Oc2cc(C)n(Cc3cccnc3)c(=O)c2[C@@H]1c1ccc(Cl)cc1. The second-order valence-electron chi connectivity index (χ2n) is 7.17. The lowest BCUT2D eigenvalue weighted by Gasteiger charge is -2.29. The Morgan fingerprint density at radius 3 is 2.68 bits per heavy atom. The monoisotopic (exact) mass is 437 g/mol. The van der Waals surface area contributed by atoms with Crippen molar-refractivity contribution in [3.8, 4) is 5.75 Å². The predicted molar refractivity (Wildman–Crippen MR) is 116 cm³/mol. The van der Waals surface area contributed by atoms with Crippen LogP contribution in [0.3, 0.4) is 0 Å². The molecule has 0 saturated carbocycles. The van der Waals surface area contributed by atoms with E-state index >= 15 is 0 Å². The lowest BCUT2D eigenvalue weighted by atomic mass is 9.83. The van der Waals surface area contributed by atoms with E-state index in [1.165, 1.54) is 7.11 Å². The summed E-state index contributed by atoms with van der Waals surface area (Å²) in [7, 11) is 1.26. The number of benzene rings is 1. The second kappa shape index (κ2) is 8.28. The number of methoxy groups -OCH3 is 1. The molecule has 158 valence electrons. The summed E-state index contributed by atoms with van der Waals surface area (Å²) in [4.78, 5) is 30.4. The molecule has 0 bridgehead atoms. The zero-order chi connectivity index (χ0) is 22.1. The Bertz CT molecular complexity index is 1230. The van der Waals surface area contributed by atoms with Crippen LogP contribution in [0.5, 0.6) is 5.75 Å². The Hall–Kier alpha value is -3.58. The molecule has 1 aliphatic rings. The number of aryl methyl sites for hydroxylation is 1. The molecule has 0 saturated heterocycles. The normalized spacial score (nSPS) is 15.3. The fraction of sp³-hybridized carbons (Fsp3) is 0.174. The predicted octanol–water partition coefficient (Wildman–Crippen LogP) is 3.12. The van der Waals surface area contributed by atoms with Crippen LogP contribution < -0.4 is 16.0 Å². The molecule has 0 spiro atoms. The summed E-state index contributed by atoms with van der Waals surface area (Å²) in [6, 6.07) is 12.3. The van der Waals surface area contributed by atoms with E-state index in [9.17, 15) is 9.59 Å². The minimum atomic E-state index is -0.762. The van der Waals surface area contributed by atoms with E-state index in [0.29, 0.717) is 34.1 Å². The van der Waals surface area contributed by atoms with E-state index in [2.05, 4.69) is 4.98 Å². The molecule has 7 nitrogen and oxygen atoms in total. The van der Waals surface area contributed by atoms with Gasteiger partial charge in [0, 0.05) is 29.2 Å². The van der Waals surface area contributed by atoms with Crippen LogP contribution >= 0.6 is 11.6 Å². The van der Waals surface area contributed by atoms with Gasteiger partial charge in [-0.15, -0.1) is 0 Å². The Morgan fingerprint density at radius 1 is 1.29 bits per heavy atom. The highest BCUT2D eigenvalue weighted by Crippen LogP contribution is 2.41. The maximum Gasteiger partial charge on any atom is 0.340 e. The van der Waals surface area contributed by atoms with E-state index in [4.69, 9.17) is 26.8 Å². The molecule has 0 radical (unpaired) electrons. The zero-order valence-electron chi connectivity index (χ0n) is 17.0. The summed E-state index contributed by atoms with van der Waals surface area (Å²) in [6.45, 7) is 2.14. The van der Waals surface area contributed by atoms with Crippen molar-refractivity contribution in [2.75, 3.05) is 7.11 Å². The highest BCUT2D eigenvalue weighted by Gasteiger charge is 2.38. The third-order valence-electron chi connectivity index (χ3n) is 5.24. The number of rotatable bonds is 4. The largest absolute Gasteiger partial charge is 0.465 e. The van der Waals surface area contributed by atoms with Gasteiger partial charge in [0.25, 0.3) is 5.56 Å². The van der Waals surface area contributed by atoms with Gasteiger partial charge in [0.2, 0.25) is 5.88 Å². The molecular weight excluding hydrogens is 418 g/mol. The quantitative estimate of drug-likeness (QED) is 0.630. The van der Waals surface area contributed by atoms with Crippen molar-refractivity contribution in [2.24, 2.45) is 5.73 Å². The van der Waals surface area contributed by atoms with Crippen LogP contribution in [-0.2, 0) is 16.1 Å². The number of pyridine rings is 2. The summed E-state index contributed by atoms with van der Waals surface area (Å²) in [6.07, 6.45) is 3.38. The molecule has 1 atom stereocenters. The van der Waals surface area contributed by atoms with Crippen molar-refractivity contribution in [3.05, 3.63) is 104 Å². The number of nitrogens with zero attached hydrogens (tertiary/aromatic N) is 2. The van der Waals surface area contributed by atoms with Gasteiger partial charge in [0.15, 0.2) is 0 Å². The molecule has 1 aromatic carbocycles. The number of hydrogen-bond acceptors (Lipinski definition) is 6. The summed E-state index contributed by atoms with van der Waals surface area (Å²) in [5, 5.41) is 0.533. The van der Waals surface area contributed by atoms with Crippen LogP contribution in [0.4, 0.5) is 0 Å². The first-order valence-corrected chi connectivity index (χ1v) is 9.93. The van der Waals surface area contributed by atoms with Crippen molar-refractivity contribution in [1.82, 2.24) is 9.55 Å². The number of carbonyl (C=O) groups excluding carboxylic acids is 1. The van der Waals surface area contributed by atoms with Gasteiger partial charge in [-0.3, -0.25) is 9.78 Å². The standard InChI is InChI=1S/C23H20ClN3O4/c1-13-10-17-19(22(28)27(13)12-14-4-3-9-26-11-14)18(15-5-7-16(24)8-6-15)20(21(25)31-17)23(29)30-2/h3-11,18H,12,25H2,1-2H3/t18-/m0/s1. The third-order valence-corrected chi connectivity index (χ3v) is 5.49. The smallest absolute Gasteiger partial charge is 0.340 e. The van der Waals surface area contributed by atoms with E-state index in [1.54, 1.807) is 47.3 Å². The van der Waals surface area contributed by atoms with Crippen LogP contribution in [0.2, 0.25) is 5.02 Å². The molecule has 0 fully saturated rings. The van der Waals surface area contributed by atoms with E-state index in [-0.39, 0.29) is 17.0 Å². The lowest BCUT2D eigenvalue weighted by Crippen LogP contribution is -2.35. The van der Waals surface area contributed by atoms with Gasteiger partial charge in [0.05, 0.1) is 25.1 Å². The Morgan fingerprint density at radius 2 is 2.03 bits per heavy atom. The van der Waals surface area contributed by atoms with Crippen LogP contribution in [-0.4, -0.2) is 22.6 Å². The average Bonchev–Trinajstić information content (AvgIpc) is 2.76. The Kier molecular flexibility index (Phi) is 5.52. The van der Waals surface area contributed by atoms with Gasteiger partial charge in [-0.1, -0.05) is 29.8 Å². The molecule has 0 aliphatic carbocycles. The van der Waals surface area contributed by atoms with Crippen molar-refractivity contribution in [2.45, 2.75) is 19.4 Å². The fourth-order valence-corrected chi connectivity index (χ4v) is 3.88. The second-order valence-corrected chi connectivity index (χ2v) is 7.61. The maximum absolute atomic E-state index is 13.7. The highest BCUT2D eigenvalue weighted by atomic mass is 35.5. The van der Waals surface area contributed by atoms with Gasteiger partial charge >= 0.3 is 5.97 Å². The van der Waals surface area contributed by atoms with Gasteiger partial charge in [0.1, 0.15) is 11.3 Å². The molecule has 8 heteroatoms. The van der Waals surface area contributed by atoms with Crippen molar-refractivity contribution in [1.29, 1.82) is 0 Å². The lowest BCUT2D eigenvalue weighted by molar-refractivity contribution is -0.136. The van der Waals surface area contributed by atoms with Crippen LogP contribution in [0, 0.1) is 6.92 Å². The summed E-state index contributed by atoms with van der Waals surface area (Å²) in [5.41, 5.74) is 8.44. The summed E-state index contributed by atoms with van der Waals surface area (Å²) in [5.74, 6) is -1.21. The van der Waals surface area contributed by atoms with E-state index < -0.39 is 11.9 Å². The number of ether oxygens (including phenoxy) is 2. The van der Waals surface area contributed by atoms with Gasteiger partial charge < -0.3 is 19.8 Å². The average molecular weight is 438 g/mol. The molecule has 2 aromatic heterocycles. The molecule has 3 heterocycles. The first-order valence-electron chi connectivity index (χ1n) is 9.55. The first kappa shape index (κ1) is 20.7. The van der Waals surface area contributed by atoms with Crippen molar-refractivity contribution < 1.29 is 14.3 Å². The number of hydrogen-bond donors (Lipinski definition) is 1. The topological polar surface area (TPSA) is 96.4 Å². The van der Waals surface area contributed by atoms with Crippen molar-refractivity contribution >= 4 is 17.6 Å². The third kappa shape index (κ3) is 3.80. The first-order chi connectivity index (χ1) is 14.9. The number of halogens is 1. The number of fused-ring (bicyclic) bond motifs is 1. The molecule has 4 rings (SSSR count). The highest BCUT2D eigenvalue weighted by molar-refractivity contribution is 6.30. The minimum absolute atomic E-state index is 0.0752. The fourth-order valence-electron chi connectivity index (χ4n) is 3.75. The van der Waals surface area contributed by atoms with Crippen LogP contribution in [0.15, 0.2) is 71.1 Å². The molecule has 3 aromatic rings. The number of carbonyl (C=O) groups is 1. The molecule has 31 heavy (non-hydrogen) atoms. The van der Waals surface area contributed by atoms with Gasteiger partial charge in [-0.05, 0) is 36.2 Å². The Labute approximate surface area is 183 Å². The number of aromatic nitrogens is 2. The maximum atomic E-state index is 13.7. The Balaban J connectivity index is 1.94. The molecular formula is C23H20ClN3O4. The number of esters is 1. The number of nitrogens with two attached hydrogens (primary N) is 1. The summed E-state index contributed by atoms with van der Waals surface area (Å²) >= 11 is 6.05. The van der Waals surface area contributed by atoms with Gasteiger partial charge in [-0.25, -0.2) is 4.79 Å². The zero-order valence-corrected chi connectivity index (χ0v) is 17.7. The molecule has 0 unspecified atom stereocenters. The minimum Gasteiger partial charge on any atom is -0.465 e.